The van der Waals surface area contributed by atoms with E-state index in [4.69, 9.17) is 0 Å². The van der Waals surface area contributed by atoms with E-state index in [1.165, 1.54) is 52.7 Å². The highest BCUT2D eigenvalue weighted by Gasteiger charge is 2.14. The minimum Gasteiger partial charge on any atom is -0.313 e. The molecule has 0 fully saturated rings. The lowest BCUT2D eigenvalue weighted by Gasteiger charge is -2.28. The number of nitrogens with one attached hydrogen (secondary N) is 1. The first kappa shape index (κ1) is 15.8. The third-order valence-corrected chi connectivity index (χ3v) is 5.93. The molecule has 1 aliphatic heterocycles. The molecular weight excluding hydrogens is 312 g/mol. The van der Waals surface area contributed by atoms with Gasteiger partial charge in [0.1, 0.15) is 0 Å². The van der Waals surface area contributed by atoms with Crippen LogP contribution in [0.4, 0.5) is 0 Å². The SMILES string of the molecule is c1ccc2c(c1)CCN(CCCNCc1csc3ccccc13)C2. The van der Waals surface area contributed by atoms with Crippen LogP contribution in [0.5, 0.6) is 0 Å². The Hall–Kier alpha value is -1.68. The zero-order valence-corrected chi connectivity index (χ0v) is 14.8. The minimum absolute atomic E-state index is 0.979. The van der Waals surface area contributed by atoms with Crippen molar-refractivity contribution < 1.29 is 0 Å². The van der Waals surface area contributed by atoms with Crippen molar-refractivity contribution in [2.75, 3.05) is 19.6 Å². The molecule has 2 nitrogen and oxygen atoms in total. The topological polar surface area (TPSA) is 15.3 Å². The summed E-state index contributed by atoms with van der Waals surface area (Å²) < 4.78 is 1.39. The summed E-state index contributed by atoms with van der Waals surface area (Å²) in [6, 6.07) is 17.6. The van der Waals surface area contributed by atoms with E-state index in [1.807, 2.05) is 11.3 Å². The monoisotopic (exact) mass is 336 g/mol. The summed E-state index contributed by atoms with van der Waals surface area (Å²) in [5.41, 5.74) is 4.49. The minimum atomic E-state index is 0.979. The van der Waals surface area contributed by atoms with Gasteiger partial charge in [-0.2, -0.15) is 0 Å². The standard InChI is InChI=1S/C21H24N2S/c1-2-7-18-15-23(13-10-17(18)6-1)12-5-11-22-14-19-16-24-21-9-4-3-8-20(19)21/h1-4,6-9,16,22H,5,10-15H2. The average Bonchev–Trinajstić information content (AvgIpc) is 3.05. The fraction of sp³-hybridized carbons (Fsp3) is 0.333. The van der Waals surface area contributed by atoms with Crippen molar-refractivity contribution in [1.29, 1.82) is 0 Å². The zero-order valence-electron chi connectivity index (χ0n) is 14.0. The van der Waals surface area contributed by atoms with Crippen molar-refractivity contribution in [3.8, 4) is 0 Å². The lowest BCUT2D eigenvalue weighted by molar-refractivity contribution is 0.250. The van der Waals surface area contributed by atoms with E-state index in [0.29, 0.717) is 0 Å². The molecule has 0 saturated carbocycles. The first-order valence-corrected chi connectivity index (χ1v) is 9.73. The number of fused-ring (bicyclic) bond motifs is 2. The summed E-state index contributed by atoms with van der Waals surface area (Å²) in [5.74, 6) is 0. The van der Waals surface area contributed by atoms with Gasteiger partial charge in [0.25, 0.3) is 0 Å². The van der Waals surface area contributed by atoms with Gasteiger partial charge in [-0.3, -0.25) is 4.90 Å². The third-order valence-electron chi connectivity index (χ3n) is 4.91. The van der Waals surface area contributed by atoms with E-state index < -0.39 is 0 Å². The molecule has 1 aromatic heterocycles. The molecule has 0 saturated heterocycles. The van der Waals surface area contributed by atoms with Gasteiger partial charge in [0.05, 0.1) is 0 Å². The van der Waals surface area contributed by atoms with Gasteiger partial charge >= 0.3 is 0 Å². The number of hydrogen-bond acceptors (Lipinski definition) is 3. The van der Waals surface area contributed by atoms with Crippen LogP contribution in [0.1, 0.15) is 23.1 Å². The molecule has 0 spiro atoms. The molecule has 2 aromatic carbocycles. The van der Waals surface area contributed by atoms with Crippen LogP contribution in [0, 0.1) is 0 Å². The van der Waals surface area contributed by atoms with Gasteiger partial charge in [-0.1, -0.05) is 42.5 Å². The van der Waals surface area contributed by atoms with Gasteiger partial charge in [0.15, 0.2) is 0 Å². The summed E-state index contributed by atoms with van der Waals surface area (Å²) in [6.07, 6.45) is 2.41. The van der Waals surface area contributed by atoms with Crippen molar-refractivity contribution in [1.82, 2.24) is 10.2 Å². The molecule has 0 unspecified atom stereocenters. The van der Waals surface area contributed by atoms with Crippen molar-refractivity contribution in [3.63, 3.8) is 0 Å². The largest absolute Gasteiger partial charge is 0.313 e. The van der Waals surface area contributed by atoms with Gasteiger partial charge in [-0.15, -0.1) is 11.3 Å². The second-order valence-corrected chi connectivity index (χ2v) is 7.49. The summed E-state index contributed by atoms with van der Waals surface area (Å²) in [4.78, 5) is 2.59. The molecule has 3 heteroatoms. The first-order chi connectivity index (χ1) is 11.9. The van der Waals surface area contributed by atoms with Gasteiger partial charge in [-0.25, -0.2) is 0 Å². The maximum absolute atomic E-state index is 3.62. The quantitative estimate of drug-likeness (QED) is 0.670. The molecule has 0 atom stereocenters. The Balaban J connectivity index is 1.21. The zero-order chi connectivity index (χ0) is 16.2. The smallest absolute Gasteiger partial charge is 0.0346 e. The molecule has 124 valence electrons. The van der Waals surface area contributed by atoms with Crippen molar-refractivity contribution >= 4 is 21.4 Å². The van der Waals surface area contributed by atoms with Crippen LogP contribution in [0.2, 0.25) is 0 Å². The van der Waals surface area contributed by atoms with E-state index in [-0.39, 0.29) is 0 Å². The Bertz CT molecular complexity index is 808. The van der Waals surface area contributed by atoms with Crippen molar-refractivity contribution in [3.05, 3.63) is 70.6 Å². The second kappa shape index (κ2) is 7.47. The predicted octanol–water partition coefficient (Wildman–Crippen LogP) is 4.44. The van der Waals surface area contributed by atoms with Gasteiger partial charge < -0.3 is 5.32 Å². The highest BCUT2D eigenvalue weighted by atomic mass is 32.1. The van der Waals surface area contributed by atoms with Crippen LogP contribution in [0.25, 0.3) is 10.1 Å². The van der Waals surface area contributed by atoms with Crippen molar-refractivity contribution in [2.45, 2.75) is 25.9 Å². The molecule has 0 aliphatic carbocycles. The number of benzene rings is 2. The summed E-state index contributed by atoms with van der Waals surface area (Å²) in [7, 11) is 0. The molecule has 4 rings (SSSR count). The van der Waals surface area contributed by atoms with Gasteiger partial charge in [0, 0.05) is 24.3 Å². The molecule has 0 radical (unpaired) electrons. The van der Waals surface area contributed by atoms with Crippen LogP contribution in [0.15, 0.2) is 53.9 Å². The maximum atomic E-state index is 3.62. The fourth-order valence-electron chi connectivity index (χ4n) is 3.57. The number of nitrogens with zero attached hydrogens (tertiary/aromatic N) is 1. The Morgan fingerprint density at radius 1 is 1.00 bits per heavy atom. The highest BCUT2D eigenvalue weighted by molar-refractivity contribution is 7.17. The lowest BCUT2D eigenvalue weighted by atomic mass is 10.00. The second-order valence-electron chi connectivity index (χ2n) is 6.58. The summed E-state index contributed by atoms with van der Waals surface area (Å²) in [6.45, 7) is 5.57. The Morgan fingerprint density at radius 2 is 1.83 bits per heavy atom. The Labute approximate surface area is 148 Å². The molecular formula is C21H24N2S. The van der Waals surface area contributed by atoms with Crippen LogP contribution in [0.3, 0.4) is 0 Å². The summed E-state index contributed by atoms with van der Waals surface area (Å²) >= 11 is 1.85. The molecule has 24 heavy (non-hydrogen) atoms. The van der Waals surface area contributed by atoms with Crippen LogP contribution in [-0.4, -0.2) is 24.5 Å². The predicted molar refractivity (Wildman–Crippen MR) is 104 cm³/mol. The normalized spacial score (nSPS) is 14.8. The van der Waals surface area contributed by atoms with Crippen molar-refractivity contribution in [2.24, 2.45) is 0 Å². The molecule has 0 bridgehead atoms. The Kier molecular flexibility index (Phi) is 4.93. The van der Waals surface area contributed by atoms with Gasteiger partial charge in [-0.05, 0) is 59.5 Å². The maximum Gasteiger partial charge on any atom is 0.0346 e. The molecule has 0 amide bonds. The van der Waals surface area contributed by atoms with Crippen LogP contribution >= 0.6 is 11.3 Å². The summed E-state index contributed by atoms with van der Waals surface area (Å²) in [5, 5.41) is 7.31. The van der Waals surface area contributed by atoms with E-state index in [2.05, 4.69) is 64.1 Å². The fourth-order valence-corrected chi connectivity index (χ4v) is 4.53. The number of rotatable bonds is 6. The molecule has 2 heterocycles. The van der Waals surface area contributed by atoms with Crippen LogP contribution in [-0.2, 0) is 19.5 Å². The number of thiophene rings is 1. The van der Waals surface area contributed by atoms with E-state index >= 15 is 0 Å². The first-order valence-electron chi connectivity index (χ1n) is 8.85. The van der Waals surface area contributed by atoms with Gasteiger partial charge in [0.2, 0.25) is 0 Å². The van der Waals surface area contributed by atoms with E-state index in [0.717, 1.165) is 19.6 Å². The van der Waals surface area contributed by atoms with E-state index in [1.54, 1.807) is 0 Å². The lowest BCUT2D eigenvalue weighted by Crippen LogP contribution is -2.32. The molecule has 1 aliphatic rings. The number of hydrogen-bond donors (Lipinski definition) is 1. The third kappa shape index (κ3) is 3.54. The Morgan fingerprint density at radius 3 is 2.79 bits per heavy atom. The molecule has 1 N–H and O–H groups in total. The van der Waals surface area contributed by atoms with E-state index in [9.17, 15) is 0 Å². The highest BCUT2D eigenvalue weighted by Crippen LogP contribution is 2.25. The average molecular weight is 337 g/mol. The van der Waals surface area contributed by atoms with Crippen LogP contribution < -0.4 is 5.32 Å². The molecule has 3 aromatic rings.